The van der Waals surface area contributed by atoms with Gasteiger partial charge in [-0.2, -0.15) is 13.2 Å². The van der Waals surface area contributed by atoms with E-state index in [1.807, 2.05) is 29.6 Å². The number of alkyl halides is 3. The number of carbonyl (C=O) groups excluding carboxylic acids is 1. The summed E-state index contributed by atoms with van der Waals surface area (Å²) in [5, 5.41) is 5.27. The Kier molecular flexibility index (Phi) is 6.52. The predicted octanol–water partition coefficient (Wildman–Crippen LogP) is 7.14. The number of likely N-dealkylation sites (tertiary alicyclic amines) is 1. The fraction of sp³-hybridized carbons (Fsp3) is 0.273. The van der Waals surface area contributed by atoms with Crippen LogP contribution in [0.2, 0.25) is 0 Å². The van der Waals surface area contributed by atoms with Gasteiger partial charge in [-0.15, -0.1) is 11.3 Å². The Morgan fingerprint density at radius 1 is 1.16 bits per heavy atom. The van der Waals surface area contributed by atoms with Crippen molar-refractivity contribution in [2.75, 3.05) is 18.4 Å². The third-order valence-electron chi connectivity index (χ3n) is 5.30. The molecule has 0 spiro atoms. The Morgan fingerprint density at radius 2 is 1.91 bits per heavy atom. The highest BCUT2D eigenvalue weighted by molar-refractivity contribution is 9.10. The molecule has 1 aliphatic heterocycles. The SMILES string of the molecule is O=C(Nc1ccc(F)cc1C(F)(F)F)N1CCC(c2nc(-c3cccc(Br)c3)cs2)CC1. The summed E-state index contributed by atoms with van der Waals surface area (Å²) in [6.07, 6.45) is -3.45. The van der Waals surface area contributed by atoms with Gasteiger partial charge in [0.15, 0.2) is 0 Å². The molecule has 4 nitrogen and oxygen atoms in total. The first kappa shape index (κ1) is 22.7. The number of urea groups is 1. The molecule has 2 heterocycles. The minimum atomic E-state index is -4.77. The van der Waals surface area contributed by atoms with Gasteiger partial charge in [0.25, 0.3) is 0 Å². The second-order valence-corrected chi connectivity index (χ2v) is 9.27. The van der Waals surface area contributed by atoms with Crippen molar-refractivity contribution in [2.45, 2.75) is 24.9 Å². The number of anilines is 1. The number of nitrogens with zero attached hydrogens (tertiary/aromatic N) is 2. The molecule has 0 atom stereocenters. The van der Waals surface area contributed by atoms with Gasteiger partial charge >= 0.3 is 12.2 Å². The minimum absolute atomic E-state index is 0.182. The van der Waals surface area contributed by atoms with E-state index >= 15 is 0 Å². The number of nitrogens with one attached hydrogen (secondary N) is 1. The third-order valence-corrected chi connectivity index (χ3v) is 6.80. The van der Waals surface area contributed by atoms with Crippen LogP contribution < -0.4 is 5.32 Å². The Labute approximate surface area is 194 Å². The molecular weight excluding hydrogens is 510 g/mol. The van der Waals surface area contributed by atoms with Gasteiger partial charge in [-0.1, -0.05) is 28.1 Å². The number of amides is 2. The van der Waals surface area contributed by atoms with E-state index in [0.717, 1.165) is 32.9 Å². The molecule has 4 rings (SSSR count). The number of carbonyl (C=O) groups is 1. The maximum absolute atomic E-state index is 13.3. The molecule has 1 aliphatic rings. The zero-order valence-corrected chi connectivity index (χ0v) is 19.0. The number of thiazole rings is 1. The standard InChI is InChI=1S/C22H18BrF4N3OS/c23-15-3-1-2-14(10-15)19-12-32-20(28-19)13-6-8-30(9-7-13)21(31)29-18-5-4-16(24)11-17(18)22(25,26)27/h1-5,10-13H,6-9H2,(H,29,31). The lowest BCUT2D eigenvalue weighted by Gasteiger charge is -2.31. The molecule has 1 saturated heterocycles. The molecule has 1 N–H and O–H groups in total. The van der Waals surface area contributed by atoms with E-state index in [-0.39, 0.29) is 5.92 Å². The molecule has 10 heteroatoms. The first-order chi connectivity index (χ1) is 15.2. The monoisotopic (exact) mass is 527 g/mol. The number of rotatable bonds is 3. The van der Waals surface area contributed by atoms with Crippen molar-refractivity contribution < 1.29 is 22.4 Å². The number of hydrogen-bond donors (Lipinski definition) is 1. The highest BCUT2D eigenvalue weighted by Gasteiger charge is 2.35. The van der Waals surface area contributed by atoms with Gasteiger partial charge in [-0.05, 0) is 43.2 Å². The first-order valence-electron chi connectivity index (χ1n) is 9.85. The van der Waals surface area contributed by atoms with Crippen LogP contribution in [0.4, 0.5) is 28.0 Å². The minimum Gasteiger partial charge on any atom is -0.324 e. The van der Waals surface area contributed by atoms with Gasteiger partial charge < -0.3 is 10.2 Å². The number of benzene rings is 2. The number of halogens is 5. The van der Waals surface area contributed by atoms with Crippen LogP contribution in [0.5, 0.6) is 0 Å². The van der Waals surface area contributed by atoms with Crippen molar-refractivity contribution in [3.63, 3.8) is 0 Å². The van der Waals surface area contributed by atoms with Crippen LogP contribution >= 0.6 is 27.3 Å². The van der Waals surface area contributed by atoms with Crippen molar-refractivity contribution in [1.29, 1.82) is 0 Å². The second-order valence-electron chi connectivity index (χ2n) is 7.46. The van der Waals surface area contributed by atoms with Crippen molar-refractivity contribution in [3.8, 4) is 11.3 Å². The first-order valence-corrected chi connectivity index (χ1v) is 11.5. The summed E-state index contributed by atoms with van der Waals surface area (Å²) in [5.74, 6) is -0.830. The molecule has 168 valence electrons. The fourth-order valence-electron chi connectivity index (χ4n) is 3.64. The van der Waals surface area contributed by atoms with Crippen molar-refractivity contribution in [1.82, 2.24) is 9.88 Å². The molecule has 0 bridgehead atoms. The average Bonchev–Trinajstić information content (AvgIpc) is 3.25. The van der Waals surface area contributed by atoms with E-state index in [1.54, 1.807) is 11.3 Å². The number of hydrogen-bond acceptors (Lipinski definition) is 3. The summed E-state index contributed by atoms with van der Waals surface area (Å²) in [6.45, 7) is 0.787. The summed E-state index contributed by atoms with van der Waals surface area (Å²) in [7, 11) is 0. The fourth-order valence-corrected chi connectivity index (χ4v) is 5.04. The third kappa shape index (κ3) is 5.12. The Hall–Kier alpha value is -2.46. The molecule has 3 aromatic rings. The molecule has 0 saturated carbocycles. The molecule has 32 heavy (non-hydrogen) atoms. The molecule has 1 fully saturated rings. The summed E-state index contributed by atoms with van der Waals surface area (Å²) in [6, 6.07) is 9.45. The van der Waals surface area contributed by atoms with Crippen LogP contribution in [0.3, 0.4) is 0 Å². The Bertz CT molecular complexity index is 1130. The van der Waals surface area contributed by atoms with Gasteiger partial charge in [0, 0.05) is 34.4 Å². The molecule has 0 radical (unpaired) electrons. The highest BCUT2D eigenvalue weighted by Crippen LogP contribution is 2.36. The molecule has 1 aromatic heterocycles. The van der Waals surface area contributed by atoms with Crippen LogP contribution in [0.25, 0.3) is 11.3 Å². The van der Waals surface area contributed by atoms with Crippen LogP contribution in [0.15, 0.2) is 52.3 Å². The summed E-state index contributed by atoms with van der Waals surface area (Å²) in [5.41, 5.74) is 0.245. The van der Waals surface area contributed by atoms with Crippen LogP contribution in [0.1, 0.15) is 29.3 Å². The van der Waals surface area contributed by atoms with Crippen LogP contribution in [0, 0.1) is 5.82 Å². The molecule has 2 amide bonds. The number of piperidine rings is 1. The normalized spacial score (nSPS) is 15.1. The lowest BCUT2D eigenvalue weighted by Crippen LogP contribution is -2.40. The molecule has 0 aliphatic carbocycles. The molecular formula is C22H18BrF4N3OS. The maximum atomic E-state index is 13.3. The van der Waals surface area contributed by atoms with E-state index in [0.29, 0.717) is 32.0 Å². The lowest BCUT2D eigenvalue weighted by atomic mass is 9.98. The van der Waals surface area contributed by atoms with E-state index < -0.39 is 29.3 Å². The van der Waals surface area contributed by atoms with Gasteiger partial charge in [-0.25, -0.2) is 14.2 Å². The topological polar surface area (TPSA) is 45.2 Å². The summed E-state index contributed by atoms with van der Waals surface area (Å²) < 4.78 is 53.7. The summed E-state index contributed by atoms with van der Waals surface area (Å²) >= 11 is 5.03. The van der Waals surface area contributed by atoms with Crippen molar-refractivity contribution >= 4 is 39.0 Å². The quantitative estimate of drug-likeness (QED) is 0.368. The zero-order chi connectivity index (χ0) is 22.9. The maximum Gasteiger partial charge on any atom is 0.418 e. The largest absolute Gasteiger partial charge is 0.418 e. The number of aromatic nitrogens is 1. The predicted molar refractivity (Wildman–Crippen MR) is 119 cm³/mol. The molecule has 0 unspecified atom stereocenters. The van der Waals surface area contributed by atoms with E-state index in [2.05, 4.69) is 21.2 Å². The zero-order valence-electron chi connectivity index (χ0n) is 16.6. The molecule has 2 aromatic carbocycles. The van der Waals surface area contributed by atoms with Crippen LogP contribution in [-0.4, -0.2) is 29.0 Å². The van der Waals surface area contributed by atoms with E-state index in [9.17, 15) is 22.4 Å². The second kappa shape index (κ2) is 9.19. The van der Waals surface area contributed by atoms with Crippen molar-refractivity contribution in [2.24, 2.45) is 0 Å². The average molecular weight is 528 g/mol. The van der Waals surface area contributed by atoms with Crippen LogP contribution in [-0.2, 0) is 6.18 Å². The summed E-state index contributed by atoms with van der Waals surface area (Å²) in [4.78, 5) is 18.8. The van der Waals surface area contributed by atoms with E-state index in [4.69, 9.17) is 4.98 Å². The van der Waals surface area contributed by atoms with Gasteiger partial charge in [-0.3, -0.25) is 0 Å². The van der Waals surface area contributed by atoms with E-state index in [1.165, 1.54) is 4.90 Å². The van der Waals surface area contributed by atoms with Gasteiger partial charge in [0.2, 0.25) is 0 Å². The van der Waals surface area contributed by atoms with Gasteiger partial charge in [0.1, 0.15) is 5.82 Å². The Balaban J connectivity index is 1.39. The Morgan fingerprint density at radius 3 is 2.59 bits per heavy atom. The van der Waals surface area contributed by atoms with Gasteiger partial charge in [0.05, 0.1) is 22.0 Å². The highest BCUT2D eigenvalue weighted by atomic mass is 79.9. The lowest BCUT2D eigenvalue weighted by molar-refractivity contribution is -0.137. The smallest absolute Gasteiger partial charge is 0.324 e. The van der Waals surface area contributed by atoms with Crippen molar-refractivity contribution in [3.05, 3.63) is 68.7 Å².